The van der Waals surface area contributed by atoms with E-state index in [-0.39, 0.29) is 5.82 Å². The van der Waals surface area contributed by atoms with Crippen LogP contribution in [0.15, 0.2) is 36.7 Å². The van der Waals surface area contributed by atoms with Crippen LogP contribution in [0, 0.1) is 12.7 Å². The number of halogens is 1. The minimum Gasteiger partial charge on any atom is -0.298 e. The molecule has 142 valence electrons. The molecule has 1 N–H and O–H groups in total. The van der Waals surface area contributed by atoms with Gasteiger partial charge >= 0.3 is 0 Å². The summed E-state index contributed by atoms with van der Waals surface area (Å²) in [6.07, 6.45) is 6.24. The second-order valence-electron chi connectivity index (χ2n) is 7.38. The molecule has 6 heteroatoms. The maximum atomic E-state index is 13.7. The molecule has 0 spiro atoms. The summed E-state index contributed by atoms with van der Waals surface area (Å²) in [7, 11) is 0. The van der Waals surface area contributed by atoms with Crippen LogP contribution in [0.2, 0.25) is 0 Å². The first-order valence-corrected chi connectivity index (χ1v) is 9.68. The monoisotopic (exact) mass is 367 g/mol. The van der Waals surface area contributed by atoms with Gasteiger partial charge in [0, 0.05) is 48.6 Å². The van der Waals surface area contributed by atoms with E-state index in [2.05, 4.69) is 40.2 Å². The number of hydrogen-bond donors (Lipinski definition) is 1. The van der Waals surface area contributed by atoms with Crippen molar-refractivity contribution in [3.8, 4) is 11.1 Å². The van der Waals surface area contributed by atoms with E-state index in [4.69, 9.17) is 0 Å². The lowest BCUT2D eigenvalue weighted by Gasteiger charge is -2.32. The number of hydrogen-bond acceptors (Lipinski definition) is 3. The largest absolute Gasteiger partial charge is 0.298 e. The Morgan fingerprint density at radius 3 is 3.00 bits per heavy atom. The first kappa shape index (κ1) is 17.9. The third kappa shape index (κ3) is 3.81. The van der Waals surface area contributed by atoms with Crippen molar-refractivity contribution in [2.75, 3.05) is 13.1 Å². The Bertz CT molecular complexity index is 913. The highest BCUT2D eigenvalue weighted by Gasteiger charge is 2.26. The Morgan fingerprint density at radius 2 is 2.22 bits per heavy atom. The predicted octanol–water partition coefficient (Wildman–Crippen LogP) is 4.12. The van der Waals surface area contributed by atoms with Gasteiger partial charge in [0.25, 0.3) is 0 Å². The van der Waals surface area contributed by atoms with E-state index in [0.717, 1.165) is 61.5 Å². The molecule has 0 radical (unpaired) electrons. The SMILES string of the molecule is CCn1cc(CN2CCCC(c3[nH]ncc3-c3cccc(F)c3)C2)c(C)n1. The molecule has 5 nitrogen and oxygen atoms in total. The van der Waals surface area contributed by atoms with Crippen molar-refractivity contribution in [3.05, 3.63) is 59.4 Å². The molecule has 27 heavy (non-hydrogen) atoms. The predicted molar refractivity (Wildman–Crippen MR) is 104 cm³/mol. The van der Waals surface area contributed by atoms with Gasteiger partial charge in [-0.05, 0) is 50.9 Å². The zero-order valence-corrected chi connectivity index (χ0v) is 16.0. The van der Waals surface area contributed by atoms with Crippen molar-refractivity contribution < 1.29 is 4.39 Å². The molecule has 3 aromatic rings. The number of aryl methyl sites for hydroxylation is 2. The summed E-state index contributed by atoms with van der Waals surface area (Å²) in [5.74, 6) is 0.161. The number of likely N-dealkylation sites (tertiary alicyclic amines) is 1. The number of benzene rings is 1. The zero-order chi connectivity index (χ0) is 18.8. The van der Waals surface area contributed by atoms with Crippen LogP contribution < -0.4 is 0 Å². The fourth-order valence-electron chi connectivity index (χ4n) is 4.05. The molecule has 0 aliphatic carbocycles. The summed E-state index contributed by atoms with van der Waals surface area (Å²) in [4.78, 5) is 2.49. The molecule has 1 aromatic carbocycles. The van der Waals surface area contributed by atoms with E-state index < -0.39 is 0 Å². The molecule has 0 amide bonds. The molecule has 4 rings (SSSR count). The van der Waals surface area contributed by atoms with Gasteiger partial charge in [-0.25, -0.2) is 4.39 Å². The molecule has 2 aromatic heterocycles. The molecule has 1 fully saturated rings. The van der Waals surface area contributed by atoms with Crippen LogP contribution in [0.4, 0.5) is 4.39 Å². The lowest BCUT2D eigenvalue weighted by molar-refractivity contribution is 0.198. The molecular weight excluding hydrogens is 341 g/mol. The van der Waals surface area contributed by atoms with Crippen molar-refractivity contribution in [1.82, 2.24) is 24.9 Å². The fourth-order valence-corrected chi connectivity index (χ4v) is 4.05. The Hall–Kier alpha value is -2.47. The number of aromatic amines is 1. The molecule has 1 saturated heterocycles. The molecule has 1 aliphatic heterocycles. The molecule has 1 atom stereocenters. The number of nitrogens with zero attached hydrogens (tertiary/aromatic N) is 4. The lowest BCUT2D eigenvalue weighted by Crippen LogP contribution is -2.34. The Kier molecular flexibility index (Phi) is 5.07. The topological polar surface area (TPSA) is 49.7 Å². The second kappa shape index (κ2) is 7.64. The summed E-state index contributed by atoms with van der Waals surface area (Å²) in [5, 5.41) is 12.0. The fraction of sp³-hybridized carbons (Fsp3) is 0.429. The van der Waals surface area contributed by atoms with Crippen LogP contribution in [-0.2, 0) is 13.1 Å². The normalized spacial score (nSPS) is 18.1. The van der Waals surface area contributed by atoms with E-state index in [1.54, 1.807) is 12.1 Å². The molecule has 0 bridgehead atoms. The van der Waals surface area contributed by atoms with Crippen molar-refractivity contribution >= 4 is 0 Å². The van der Waals surface area contributed by atoms with Crippen LogP contribution in [0.25, 0.3) is 11.1 Å². The van der Waals surface area contributed by atoms with Crippen LogP contribution in [0.1, 0.15) is 42.6 Å². The van der Waals surface area contributed by atoms with Crippen molar-refractivity contribution in [1.29, 1.82) is 0 Å². The maximum absolute atomic E-state index is 13.7. The van der Waals surface area contributed by atoms with E-state index in [0.29, 0.717) is 5.92 Å². The number of H-pyrrole nitrogens is 1. The summed E-state index contributed by atoms with van der Waals surface area (Å²) in [5.41, 5.74) is 5.42. The van der Waals surface area contributed by atoms with E-state index in [1.807, 2.05) is 16.9 Å². The molecule has 1 unspecified atom stereocenters. The molecule has 0 saturated carbocycles. The highest BCUT2D eigenvalue weighted by molar-refractivity contribution is 5.65. The molecule has 3 heterocycles. The summed E-state index contributed by atoms with van der Waals surface area (Å²) in [6, 6.07) is 6.76. The van der Waals surface area contributed by atoms with Crippen LogP contribution >= 0.6 is 0 Å². The number of piperidine rings is 1. The minimum atomic E-state index is -0.215. The minimum absolute atomic E-state index is 0.215. The standard InChI is InChI=1S/C21H26FN5/c1-3-27-14-18(15(2)25-27)13-26-9-5-7-17(12-26)21-20(11-23-24-21)16-6-4-8-19(22)10-16/h4,6,8,10-11,14,17H,3,5,7,9,12-13H2,1-2H3,(H,23,24). The van der Waals surface area contributed by atoms with Crippen molar-refractivity contribution in [3.63, 3.8) is 0 Å². The second-order valence-corrected chi connectivity index (χ2v) is 7.38. The highest BCUT2D eigenvalue weighted by atomic mass is 19.1. The van der Waals surface area contributed by atoms with Crippen molar-refractivity contribution in [2.24, 2.45) is 0 Å². The smallest absolute Gasteiger partial charge is 0.123 e. The first-order chi connectivity index (χ1) is 13.1. The highest BCUT2D eigenvalue weighted by Crippen LogP contribution is 2.33. The summed E-state index contributed by atoms with van der Waals surface area (Å²) >= 11 is 0. The Labute approximate surface area is 159 Å². The van der Waals surface area contributed by atoms with E-state index in [9.17, 15) is 4.39 Å². The van der Waals surface area contributed by atoms with E-state index >= 15 is 0 Å². The molecule has 1 aliphatic rings. The number of aromatic nitrogens is 4. The number of rotatable bonds is 5. The number of nitrogens with one attached hydrogen (secondary N) is 1. The quantitative estimate of drug-likeness (QED) is 0.738. The van der Waals surface area contributed by atoms with Gasteiger partial charge < -0.3 is 0 Å². The lowest BCUT2D eigenvalue weighted by atomic mass is 9.90. The summed E-state index contributed by atoms with van der Waals surface area (Å²) < 4.78 is 15.7. The maximum Gasteiger partial charge on any atom is 0.123 e. The Balaban J connectivity index is 1.52. The Morgan fingerprint density at radius 1 is 1.33 bits per heavy atom. The van der Waals surface area contributed by atoms with Crippen LogP contribution in [0.5, 0.6) is 0 Å². The van der Waals surface area contributed by atoms with Crippen LogP contribution in [0.3, 0.4) is 0 Å². The third-order valence-corrected chi connectivity index (χ3v) is 5.48. The van der Waals surface area contributed by atoms with Crippen molar-refractivity contribution in [2.45, 2.75) is 45.7 Å². The first-order valence-electron chi connectivity index (χ1n) is 9.68. The van der Waals surface area contributed by atoms with Gasteiger partial charge in [0.15, 0.2) is 0 Å². The summed E-state index contributed by atoms with van der Waals surface area (Å²) in [6.45, 7) is 8.08. The molecular formula is C21H26FN5. The zero-order valence-electron chi connectivity index (χ0n) is 16.0. The van der Waals surface area contributed by atoms with Gasteiger partial charge in [-0.1, -0.05) is 12.1 Å². The van der Waals surface area contributed by atoms with Gasteiger partial charge in [-0.3, -0.25) is 14.7 Å². The van der Waals surface area contributed by atoms with E-state index in [1.165, 1.54) is 11.6 Å². The third-order valence-electron chi connectivity index (χ3n) is 5.48. The average Bonchev–Trinajstić information content (AvgIpc) is 3.29. The van der Waals surface area contributed by atoms with Gasteiger partial charge in [0.05, 0.1) is 11.9 Å². The van der Waals surface area contributed by atoms with Crippen LogP contribution in [-0.4, -0.2) is 38.0 Å². The average molecular weight is 367 g/mol. The van der Waals surface area contributed by atoms with Gasteiger partial charge in [-0.2, -0.15) is 10.2 Å². The van der Waals surface area contributed by atoms with Gasteiger partial charge in [0.2, 0.25) is 0 Å². The van der Waals surface area contributed by atoms with Gasteiger partial charge in [-0.15, -0.1) is 0 Å². The van der Waals surface area contributed by atoms with Gasteiger partial charge in [0.1, 0.15) is 5.82 Å².